The lowest BCUT2D eigenvalue weighted by Gasteiger charge is -2.35. The van der Waals surface area contributed by atoms with E-state index in [1.54, 1.807) is 0 Å². The van der Waals surface area contributed by atoms with Gasteiger partial charge in [0.2, 0.25) is 0 Å². The number of hydrogen-bond donors (Lipinski definition) is 4. The van der Waals surface area contributed by atoms with Crippen molar-refractivity contribution in [1.82, 2.24) is 10.2 Å². The van der Waals surface area contributed by atoms with Crippen molar-refractivity contribution in [3.63, 3.8) is 0 Å². The highest BCUT2D eigenvalue weighted by Crippen LogP contribution is 2.22. The maximum Gasteiger partial charge on any atom is 0.326 e. The number of aliphatic hydroxyl groups excluding tert-OH is 1. The Morgan fingerprint density at radius 1 is 1.25 bits per heavy atom. The molecule has 0 aromatic heterocycles. The quantitative estimate of drug-likeness (QED) is 0.557. The van der Waals surface area contributed by atoms with Gasteiger partial charge in [-0.3, -0.25) is 4.79 Å². The number of nitrogens with zero attached hydrogens (tertiary/aromatic N) is 1. The molecule has 114 valence electrons. The third kappa shape index (κ3) is 4.37. The van der Waals surface area contributed by atoms with E-state index in [4.69, 9.17) is 10.2 Å². The van der Waals surface area contributed by atoms with Crippen molar-refractivity contribution >= 4 is 18.0 Å². The van der Waals surface area contributed by atoms with Crippen LogP contribution in [-0.2, 0) is 9.59 Å². The molecule has 2 unspecified atom stereocenters. The van der Waals surface area contributed by atoms with Gasteiger partial charge in [-0.1, -0.05) is 12.8 Å². The average Bonchev–Trinajstić information content (AvgIpc) is 2.37. The highest BCUT2D eigenvalue weighted by molar-refractivity contribution is 5.86. The van der Waals surface area contributed by atoms with E-state index >= 15 is 0 Å². The Labute approximate surface area is 116 Å². The summed E-state index contributed by atoms with van der Waals surface area (Å²) in [6.07, 6.45) is 1.69. The molecule has 1 fully saturated rings. The van der Waals surface area contributed by atoms with Crippen LogP contribution in [0.25, 0.3) is 0 Å². The first-order chi connectivity index (χ1) is 9.32. The smallest absolute Gasteiger partial charge is 0.326 e. The monoisotopic (exact) mass is 288 g/mol. The second kappa shape index (κ2) is 7.09. The van der Waals surface area contributed by atoms with Crippen molar-refractivity contribution in [3.8, 4) is 0 Å². The maximum absolute atomic E-state index is 11.9. The summed E-state index contributed by atoms with van der Waals surface area (Å²) < 4.78 is 0. The Morgan fingerprint density at radius 3 is 2.35 bits per heavy atom. The summed E-state index contributed by atoms with van der Waals surface area (Å²) >= 11 is 0. The molecule has 0 saturated heterocycles. The molecule has 4 N–H and O–H groups in total. The van der Waals surface area contributed by atoms with Crippen LogP contribution in [-0.4, -0.2) is 63.4 Å². The lowest BCUT2D eigenvalue weighted by Crippen LogP contribution is -2.53. The minimum atomic E-state index is -1.48. The number of aliphatic hydroxyl groups is 1. The Morgan fingerprint density at radius 2 is 1.85 bits per heavy atom. The van der Waals surface area contributed by atoms with Crippen molar-refractivity contribution in [1.29, 1.82) is 0 Å². The summed E-state index contributed by atoms with van der Waals surface area (Å²) in [7, 11) is 1.47. The molecule has 1 aliphatic rings. The predicted molar refractivity (Wildman–Crippen MR) is 68.2 cm³/mol. The molecule has 1 saturated carbocycles. The van der Waals surface area contributed by atoms with Crippen molar-refractivity contribution in [3.05, 3.63) is 0 Å². The third-order valence-corrected chi connectivity index (χ3v) is 3.49. The van der Waals surface area contributed by atoms with Gasteiger partial charge in [-0.05, 0) is 12.8 Å². The maximum atomic E-state index is 11.9. The van der Waals surface area contributed by atoms with Crippen molar-refractivity contribution in [2.24, 2.45) is 0 Å². The molecule has 1 aliphatic carbocycles. The Bertz CT molecular complexity index is 386. The minimum Gasteiger partial charge on any atom is -0.481 e. The van der Waals surface area contributed by atoms with Crippen LogP contribution < -0.4 is 5.32 Å². The number of urea groups is 1. The number of likely N-dealkylation sites (N-methyl/N-ethyl adjacent to an activating group) is 1. The summed E-state index contributed by atoms with van der Waals surface area (Å²) in [4.78, 5) is 34.6. The standard InChI is InChI=1S/C12H20N2O6/c1-14(8-4-2-3-5-9(8)15)12(20)13-7(11(18)19)6-10(16)17/h7-9,15H,2-6H2,1H3,(H,13,20)(H,16,17)(H,18,19)/t7-,8?,9?/m0/s1. The number of aliphatic carboxylic acids is 2. The van der Waals surface area contributed by atoms with Gasteiger partial charge < -0.3 is 25.5 Å². The van der Waals surface area contributed by atoms with Crippen LogP contribution in [0.4, 0.5) is 4.79 Å². The zero-order chi connectivity index (χ0) is 15.3. The molecule has 0 radical (unpaired) electrons. The van der Waals surface area contributed by atoms with Gasteiger partial charge in [-0.25, -0.2) is 9.59 Å². The number of carbonyl (C=O) groups is 3. The molecule has 0 bridgehead atoms. The SMILES string of the molecule is CN(C(=O)N[C@@H](CC(=O)O)C(=O)O)C1CCCCC1O. The van der Waals surface area contributed by atoms with Crippen LogP contribution in [0.5, 0.6) is 0 Å². The first-order valence-electron chi connectivity index (χ1n) is 6.49. The summed E-state index contributed by atoms with van der Waals surface area (Å²) in [6, 6.07) is -2.55. The Balaban J connectivity index is 2.63. The van der Waals surface area contributed by atoms with Crippen molar-refractivity contribution in [2.45, 2.75) is 50.3 Å². The van der Waals surface area contributed by atoms with Crippen LogP contribution in [0, 0.1) is 0 Å². The zero-order valence-electron chi connectivity index (χ0n) is 11.3. The van der Waals surface area contributed by atoms with Gasteiger partial charge >= 0.3 is 18.0 Å². The molecule has 2 amide bonds. The normalized spacial score (nSPS) is 23.7. The Kier molecular flexibility index (Phi) is 5.75. The number of amides is 2. The number of carboxylic acids is 2. The first-order valence-corrected chi connectivity index (χ1v) is 6.49. The second-order valence-corrected chi connectivity index (χ2v) is 4.97. The summed E-state index contributed by atoms with van der Waals surface area (Å²) in [6.45, 7) is 0. The van der Waals surface area contributed by atoms with E-state index in [-0.39, 0.29) is 6.04 Å². The Hall–Kier alpha value is -1.83. The van der Waals surface area contributed by atoms with Crippen LogP contribution >= 0.6 is 0 Å². The number of nitrogens with one attached hydrogen (secondary N) is 1. The van der Waals surface area contributed by atoms with Crippen LogP contribution in [0.2, 0.25) is 0 Å². The van der Waals surface area contributed by atoms with Gasteiger partial charge in [0.1, 0.15) is 6.04 Å². The van der Waals surface area contributed by atoms with E-state index in [1.165, 1.54) is 11.9 Å². The van der Waals surface area contributed by atoms with Crippen LogP contribution in [0.1, 0.15) is 32.1 Å². The average molecular weight is 288 g/mol. The van der Waals surface area contributed by atoms with Gasteiger partial charge in [0.25, 0.3) is 0 Å². The predicted octanol–water partition coefficient (Wildman–Crippen LogP) is -0.141. The molecular weight excluding hydrogens is 268 g/mol. The zero-order valence-corrected chi connectivity index (χ0v) is 11.3. The number of carbonyl (C=O) groups excluding carboxylic acids is 1. The van der Waals surface area contributed by atoms with E-state index in [0.717, 1.165) is 12.8 Å². The number of rotatable bonds is 5. The number of carboxylic acid groups (broad SMARTS) is 2. The van der Waals surface area contributed by atoms with E-state index in [1.807, 2.05) is 0 Å². The molecule has 8 nitrogen and oxygen atoms in total. The van der Waals surface area contributed by atoms with Gasteiger partial charge in [-0.15, -0.1) is 0 Å². The fraction of sp³-hybridized carbons (Fsp3) is 0.750. The summed E-state index contributed by atoms with van der Waals surface area (Å²) in [5, 5.41) is 29.5. The molecule has 20 heavy (non-hydrogen) atoms. The molecule has 3 atom stereocenters. The number of hydrogen-bond acceptors (Lipinski definition) is 4. The molecule has 0 aliphatic heterocycles. The summed E-state index contributed by atoms with van der Waals surface area (Å²) in [5.41, 5.74) is 0. The van der Waals surface area contributed by atoms with Gasteiger partial charge in [0.15, 0.2) is 0 Å². The third-order valence-electron chi connectivity index (χ3n) is 3.49. The van der Waals surface area contributed by atoms with E-state index in [0.29, 0.717) is 12.8 Å². The fourth-order valence-electron chi connectivity index (χ4n) is 2.32. The molecule has 0 aromatic carbocycles. The van der Waals surface area contributed by atoms with Crippen LogP contribution in [0.3, 0.4) is 0 Å². The van der Waals surface area contributed by atoms with Gasteiger partial charge in [-0.2, -0.15) is 0 Å². The molecule has 0 heterocycles. The van der Waals surface area contributed by atoms with E-state index in [2.05, 4.69) is 5.32 Å². The second-order valence-electron chi connectivity index (χ2n) is 4.97. The topological polar surface area (TPSA) is 127 Å². The first kappa shape index (κ1) is 16.2. The molecule has 8 heteroatoms. The molecular formula is C12H20N2O6. The minimum absolute atomic E-state index is 0.372. The lowest BCUT2D eigenvalue weighted by atomic mass is 9.92. The lowest BCUT2D eigenvalue weighted by molar-refractivity contribution is -0.145. The van der Waals surface area contributed by atoms with E-state index in [9.17, 15) is 19.5 Å². The molecule has 0 spiro atoms. The van der Waals surface area contributed by atoms with Crippen molar-refractivity contribution < 1.29 is 29.7 Å². The molecule has 0 aromatic rings. The van der Waals surface area contributed by atoms with Gasteiger partial charge in [0, 0.05) is 7.05 Å². The molecule has 1 rings (SSSR count). The fourth-order valence-corrected chi connectivity index (χ4v) is 2.32. The van der Waals surface area contributed by atoms with Crippen LogP contribution in [0.15, 0.2) is 0 Å². The highest BCUT2D eigenvalue weighted by Gasteiger charge is 2.31. The summed E-state index contributed by atoms with van der Waals surface area (Å²) in [5.74, 6) is -2.71. The van der Waals surface area contributed by atoms with Gasteiger partial charge in [0.05, 0.1) is 18.6 Å². The van der Waals surface area contributed by atoms with Crippen molar-refractivity contribution in [2.75, 3.05) is 7.05 Å². The largest absolute Gasteiger partial charge is 0.481 e. The van der Waals surface area contributed by atoms with E-state index < -0.39 is 36.5 Å². The highest BCUT2D eigenvalue weighted by atomic mass is 16.4.